The summed E-state index contributed by atoms with van der Waals surface area (Å²) in [6.45, 7) is 0.371. The monoisotopic (exact) mass is 403 g/mol. The maximum absolute atomic E-state index is 11.7. The molecule has 0 aliphatic heterocycles. The molecule has 0 saturated heterocycles. The number of halogens is 1. The van der Waals surface area contributed by atoms with Gasteiger partial charge in [0, 0.05) is 13.0 Å². The number of hydrogen-bond donors (Lipinski definition) is 4. The number of nitrogens with two attached hydrogens (primary N) is 1. The van der Waals surface area contributed by atoms with Crippen molar-refractivity contribution in [3.8, 4) is 0 Å². The van der Waals surface area contributed by atoms with Gasteiger partial charge in [0.2, 0.25) is 6.04 Å². The first-order valence-corrected chi connectivity index (χ1v) is 7.61. The lowest BCUT2D eigenvalue weighted by molar-refractivity contribution is -0.144. The van der Waals surface area contributed by atoms with E-state index in [0.717, 1.165) is 7.11 Å². The minimum Gasteiger partial charge on any atom is -0.478 e. The number of carbonyl (C=O) groups is 4. The van der Waals surface area contributed by atoms with Gasteiger partial charge in [-0.25, -0.2) is 9.59 Å². The lowest BCUT2D eigenvalue weighted by Crippen LogP contribution is -2.43. The highest BCUT2D eigenvalue weighted by Gasteiger charge is 2.26. The van der Waals surface area contributed by atoms with Gasteiger partial charge < -0.3 is 30.9 Å². The van der Waals surface area contributed by atoms with E-state index in [1.54, 1.807) is 0 Å². The Bertz CT molecular complexity index is 697. The molecule has 10 nitrogen and oxygen atoms in total. The number of benzene rings is 1. The summed E-state index contributed by atoms with van der Waals surface area (Å²) in [5.74, 6) is -3.42. The lowest BCUT2D eigenvalue weighted by atomic mass is 10.1. The van der Waals surface area contributed by atoms with Crippen molar-refractivity contribution in [1.82, 2.24) is 0 Å². The van der Waals surface area contributed by atoms with Crippen LogP contribution in [0.4, 0.5) is 11.4 Å². The standard InChI is InChI=1S/C16H21N3O7.ClH/c1-25-12(20)4-3-7-18-10-6-5-9(15(22)23)8-11(10)19-13(14(17)21)16(24)26-2;/h5-6,8,13,18-19H,3-4,7H2,1-2H3,(H2,17,21)(H,22,23);1H. The van der Waals surface area contributed by atoms with Gasteiger partial charge in [-0.2, -0.15) is 0 Å². The molecule has 1 aromatic rings. The number of rotatable bonds is 10. The van der Waals surface area contributed by atoms with Crippen molar-refractivity contribution < 1.29 is 33.8 Å². The average Bonchev–Trinajstić information content (AvgIpc) is 2.62. The average molecular weight is 404 g/mol. The van der Waals surface area contributed by atoms with E-state index in [1.165, 1.54) is 25.3 Å². The van der Waals surface area contributed by atoms with E-state index in [1.807, 2.05) is 0 Å². The van der Waals surface area contributed by atoms with Crippen LogP contribution in [0.2, 0.25) is 0 Å². The van der Waals surface area contributed by atoms with E-state index in [2.05, 4.69) is 20.1 Å². The minimum absolute atomic E-state index is 0. The van der Waals surface area contributed by atoms with Crippen LogP contribution in [-0.2, 0) is 23.9 Å². The molecule has 27 heavy (non-hydrogen) atoms. The number of ether oxygens (including phenoxy) is 2. The minimum atomic E-state index is -1.49. The predicted octanol–water partition coefficient (Wildman–Crippen LogP) is 0.610. The van der Waals surface area contributed by atoms with E-state index < -0.39 is 23.9 Å². The molecular weight excluding hydrogens is 382 g/mol. The molecule has 1 amide bonds. The lowest BCUT2D eigenvalue weighted by Gasteiger charge is -2.18. The second-order valence-corrected chi connectivity index (χ2v) is 5.17. The van der Waals surface area contributed by atoms with Crippen molar-refractivity contribution in [1.29, 1.82) is 0 Å². The Morgan fingerprint density at radius 2 is 1.81 bits per heavy atom. The first-order chi connectivity index (χ1) is 12.3. The predicted molar refractivity (Wildman–Crippen MR) is 99.0 cm³/mol. The van der Waals surface area contributed by atoms with Gasteiger partial charge in [-0.3, -0.25) is 9.59 Å². The van der Waals surface area contributed by atoms with Gasteiger partial charge in [-0.15, -0.1) is 12.4 Å². The molecule has 1 atom stereocenters. The number of nitrogens with one attached hydrogen (secondary N) is 2. The van der Waals surface area contributed by atoms with Gasteiger partial charge in [-0.1, -0.05) is 0 Å². The largest absolute Gasteiger partial charge is 0.478 e. The van der Waals surface area contributed by atoms with Gasteiger partial charge >= 0.3 is 17.9 Å². The van der Waals surface area contributed by atoms with Crippen LogP contribution in [0.3, 0.4) is 0 Å². The molecular formula is C16H22ClN3O7. The van der Waals surface area contributed by atoms with Gasteiger partial charge in [0.15, 0.2) is 0 Å². The third kappa shape index (κ3) is 7.40. The first-order valence-electron chi connectivity index (χ1n) is 7.61. The van der Waals surface area contributed by atoms with Crippen molar-refractivity contribution in [2.45, 2.75) is 18.9 Å². The summed E-state index contributed by atoms with van der Waals surface area (Å²) in [4.78, 5) is 45.4. The summed E-state index contributed by atoms with van der Waals surface area (Å²) in [5, 5.41) is 14.7. The molecule has 1 unspecified atom stereocenters. The second kappa shape index (κ2) is 11.6. The molecule has 0 aromatic heterocycles. The topological polar surface area (TPSA) is 157 Å². The van der Waals surface area contributed by atoms with Crippen molar-refractivity contribution >= 4 is 47.6 Å². The first kappa shape index (κ1) is 24.0. The van der Waals surface area contributed by atoms with Crippen LogP contribution in [0.1, 0.15) is 23.2 Å². The van der Waals surface area contributed by atoms with Crippen LogP contribution in [-0.4, -0.2) is 55.7 Å². The number of aromatic carboxylic acids is 1. The molecule has 0 saturated carbocycles. The molecule has 0 aliphatic carbocycles. The Morgan fingerprint density at radius 3 is 2.33 bits per heavy atom. The zero-order valence-corrected chi connectivity index (χ0v) is 15.6. The molecule has 150 valence electrons. The van der Waals surface area contributed by atoms with Crippen LogP contribution in [0.15, 0.2) is 18.2 Å². The zero-order chi connectivity index (χ0) is 19.7. The molecule has 0 bridgehead atoms. The Hall–Kier alpha value is -3.01. The third-order valence-corrected chi connectivity index (χ3v) is 3.39. The molecule has 11 heteroatoms. The number of carbonyl (C=O) groups excluding carboxylic acids is 3. The molecule has 0 radical (unpaired) electrons. The number of carboxylic acids is 1. The van der Waals surface area contributed by atoms with Crippen LogP contribution >= 0.6 is 12.4 Å². The van der Waals surface area contributed by atoms with E-state index >= 15 is 0 Å². The Labute approximate surface area is 161 Å². The van der Waals surface area contributed by atoms with Crippen molar-refractivity contribution in [2.75, 3.05) is 31.4 Å². The normalized spacial score (nSPS) is 10.7. The summed E-state index contributed by atoms with van der Waals surface area (Å²) in [7, 11) is 2.39. The molecule has 1 aromatic carbocycles. The van der Waals surface area contributed by atoms with E-state index in [9.17, 15) is 19.2 Å². The quantitative estimate of drug-likeness (QED) is 0.249. The van der Waals surface area contributed by atoms with Gasteiger partial charge in [-0.05, 0) is 24.6 Å². The van der Waals surface area contributed by atoms with Crippen molar-refractivity contribution in [2.24, 2.45) is 5.73 Å². The van der Waals surface area contributed by atoms with E-state index in [-0.39, 0.29) is 36.0 Å². The summed E-state index contributed by atoms with van der Waals surface area (Å²) in [5.41, 5.74) is 5.74. The van der Waals surface area contributed by atoms with Gasteiger partial charge in [0.25, 0.3) is 5.91 Å². The Balaban J connectivity index is 0.00000676. The number of primary amides is 1. The molecule has 0 aliphatic rings. The molecule has 5 N–H and O–H groups in total. The smallest absolute Gasteiger partial charge is 0.338 e. The van der Waals surface area contributed by atoms with E-state index in [4.69, 9.17) is 10.8 Å². The number of methoxy groups -OCH3 is 2. The molecule has 0 heterocycles. The number of anilines is 2. The highest BCUT2D eigenvalue weighted by Crippen LogP contribution is 2.24. The number of hydrogen-bond acceptors (Lipinski definition) is 8. The summed E-state index contributed by atoms with van der Waals surface area (Å²) in [6.07, 6.45) is 0.661. The fourth-order valence-corrected chi connectivity index (χ4v) is 2.03. The Kier molecular flexibility index (Phi) is 10.3. The highest BCUT2D eigenvalue weighted by atomic mass is 35.5. The van der Waals surface area contributed by atoms with Crippen LogP contribution in [0, 0.1) is 0 Å². The van der Waals surface area contributed by atoms with Crippen molar-refractivity contribution in [3.63, 3.8) is 0 Å². The molecule has 0 fully saturated rings. The maximum atomic E-state index is 11.7. The van der Waals surface area contributed by atoms with E-state index in [0.29, 0.717) is 18.7 Å². The fraction of sp³-hybridized carbons (Fsp3) is 0.375. The summed E-state index contributed by atoms with van der Waals surface area (Å²) in [6, 6.07) is 2.59. The van der Waals surface area contributed by atoms with Crippen LogP contribution in [0.25, 0.3) is 0 Å². The maximum Gasteiger partial charge on any atom is 0.338 e. The molecule has 0 spiro atoms. The summed E-state index contributed by atoms with van der Waals surface area (Å²) >= 11 is 0. The summed E-state index contributed by atoms with van der Waals surface area (Å²) < 4.78 is 9.05. The van der Waals surface area contributed by atoms with Crippen molar-refractivity contribution in [3.05, 3.63) is 23.8 Å². The fourth-order valence-electron chi connectivity index (χ4n) is 2.03. The number of esters is 2. The third-order valence-electron chi connectivity index (χ3n) is 3.39. The van der Waals surface area contributed by atoms with Gasteiger partial charge in [0.1, 0.15) is 0 Å². The second-order valence-electron chi connectivity index (χ2n) is 5.17. The van der Waals surface area contributed by atoms with Gasteiger partial charge in [0.05, 0.1) is 31.2 Å². The Morgan fingerprint density at radius 1 is 1.15 bits per heavy atom. The molecule has 1 rings (SSSR count). The highest BCUT2D eigenvalue weighted by molar-refractivity contribution is 6.04. The number of amides is 1. The van der Waals surface area contributed by atoms with Crippen LogP contribution < -0.4 is 16.4 Å². The number of carboxylic acid groups (broad SMARTS) is 1. The SMILES string of the molecule is COC(=O)CCCNc1ccc(C(=O)O)cc1NC(C(N)=O)C(=O)OC.Cl. The zero-order valence-electron chi connectivity index (χ0n) is 14.8. The van der Waals surface area contributed by atoms with Crippen LogP contribution in [0.5, 0.6) is 0 Å².